The lowest BCUT2D eigenvalue weighted by atomic mass is 9.89. The number of hydrogen-bond acceptors (Lipinski definition) is 21. The molecule has 0 bridgehead atoms. The first-order chi connectivity index (χ1) is 39.3. The number of hydrogen-bond donors (Lipinski definition) is 8. The molecule has 2 heterocycles. The lowest BCUT2D eigenvalue weighted by molar-refractivity contribution is -0.286. The van der Waals surface area contributed by atoms with Gasteiger partial charge in [-0.15, -0.1) is 0 Å². The number of carbonyl (C=O) groups is 6. The maximum Gasteiger partial charge on any atom is 0.495 e. The third kappa shape index (κ3) is 22.3. The van der Waals surface area contributed by atoms with Crippen molar-refractivity contribution in [2.45, 2.75) is 82.6 Å². The van der Waals surface area contributed by atoms with E-state index in [-0.39, 0.29) is 88.7 Å². The van der Waals surface area contributed by atoms with Crippen LogP contribution in [0.2, 0.25) is 0 Å². The number of fused-ring (bicyclic) bond motifs is 1. The van der Waals surface area contributed by atoms with Crippen molar-refractivity contribution in [1.82, 2.24) is 30.6 Å². The molecular formula is C51H64F3N9O18S2. The second kappa shape index (κ2) is 31.7. The van der Waals surface area contributed by atoms with E-state index in [1.807, 2.05) is 4.72 Å². The van der Waals surface area contributed by atoms with E-state index in [0.717, 1.165) is 0 Å². The Labute approximate surface area is 475 Å². The number of imidazole rings is 1. The summed E-state index contributed by atoms with van der Waals surface area (Å²) < 4.78 is 125. The summed E-state index contributed by atoms with van der Waals surface area (Å²) in [4.78, 5) is 94.6. The number of rotatable bonds is 34. The molecule has 0 saturated carbocycles. The van der Waals surface area contributed by atoms with E-state index in [0.29, 0.717) is 82.6 Å². The smallest absolute Gasteiger partial charge is 0.494 e. The van der Waals surface area contributed by atoms with Crippen molar-refractivity contribution in [3.8, 4) is 11.5 Å². The average Bonchev–Trinajstić information content (AvgIpc) is 3.32. The van der Waals surface area contributed by atoms with Crippen LogP contribution in [0, 0.1) is 19.8 Å². The monoisotopic (exact) mass is 1210 g/mol. The zero-order valence-electron chi connectivity index (χ0n) is 45.2. The number of sulfonamides is 1. The number of halogens is 3. The van der Waals surface area contributed by atoms with E-state index < -0.39 is 74.8 Å². The van der Waals surface area contributed by atoms with Gasteiger partial charge < -0.3 is 55.1 Å². The van der Waals surface area contributed by atoms with E-state index in [1.54, 1.807) is 18.3 Å². The molecule has 9 N–H and O–H groups in total. The molecule has 27 nitrogen and oxygen atoms in total. The van der Waals surface area contributed by atoms with Gasteiger partial charge in [-0.05, 0) is 105 Å². The minimum absolute atomic E-state index is 0.0527. The molecule has 454 valence electrons. The van der Waals surface area contributed by atoms with Gasteiger partial charge in [0, 0.05) is 63.8 Å². The number of nitrogens with zero attached hydrogens (tertiary/aromatic N) is 2. The fourth-order valence-corrected chi connectivity index (χ4v) is 9.79. The second-order valence-electron chi connectivity index (χ2n) is 18.4. The first-order valence-corrected chi connectivity index (χ1v) is 28.5. The maximum absolute atomic E-state index is 13.9. The van der Waals surface area contributed by atoms with Gasteiger partial charge in [0.05, 0.1) is 55.6 Å². The number of alkyl halides is 3. The summed E-state index contributed by atoms with van der Waals surface area (Å²) >= 11 is 0. The normalized spacial score (nSPS) is 14.1. The summed E-state index contributed by atoms with van der Waals surface area (Å²) in [5.74, 6) is -7.44. The molecule has 5 rings (SSSR count). The number of aryl methyl sites for hydroxylation is 2. The van der Waals surface area contributed by atoms with Crippen LogP contribution in [0.5, 0.6) is 11.5 Å². The molecule has 32 heteroatoms. The van der Waals surface area contributed by atoms with Gasteiger partial charge in [-0.3, -0.25) is 23.7 Å². The highest BCUT2D eigenvalue weighted by Crippen LogP contribution is 2.31. The van der Waals surface area contributed by atoms with Crippen LogP contribution < -0.4 is 40.6 Å². The van der Waals surface area contributed by atoms with Crippen LogP contribution in [-0.2, 0) is 81.3 Å². The summed E-state index contributed by atoms with van der Waals surface area (Å²) in [6, 6.07) is 10.1. The maximum atomic E-state index is 13.9. The summed E-state index contributed by atoms with van der Waals surface area (Å²) in [5, 5.41) is 10.8. The molecule has 3 aromatic carbocycles. The number of H-pyrrole nitrogens is 1. The minimum Gasteiger partial charge on any atom is -0.494 e. The molecule has 1 aliphatic heterocycles. The molecule has 0 fully saturated rings. The number of amides is 3. The second-order valence-corrected chi connectivity index (χ2v) is 21.0. The van der Waals surface area contributed by atoms with E-state index in [2.05, 4.69) is 50.2 Å². The van der Waals surface area contributed by atoms with E-state index in [4.69, 9.17) is 29.2 Å². The molecule has 0 aliphatic carbocycles. The quantitative estimate of drug-likeness (QED) is 0.0144. The largest absolute Gasteiger partial charge is 0.495 e. The number of nitrogens with one attached hydrogen (secondary N) is 6. The molecule has 1 aromatic heterocycles. The van der Waals surface area contributed by atoms with Crippen LogP contribution >= 0.6 is 0 Å². The number of aromatic nitrogens is 2. The van der Waals surface area contributed by atoms with Crippen LogP contribution in [0.3, 0.4) is 0 Å². The number of Topliss-reactive ketones (excluding diaryl/α,β-unsaturated/α-hetero) is 1. The minimum atomic E-state index is -5.59. The van der Waals surface area contributed by atoms with Crippen molar-refractivity contribution in [3.05, 3.63) is 94.8 Å². The van der Waals surface area contributed by atoms with Crippen LogP contribution in [0.4, 0.5) is 24.8 Å². The van der Waals surface area contributed by atoms with Crippen molar-refractivity contribution in [3.63, 3.8) is 0 Å². The van der Waals surface area contributed by atoms with Gasteiger partial charge in [-0.1, -0.05) is 18.2 Å². The highest BCUT2D eigenvalue weighted by Gasteiger charge is 2.44. The molecule has 3 amide bonds. The molecule has 83 heavy (non-hydrogen) atoms. The Bertz CT molecular complexity index is 3110. The molecular weight excluding hydrogens is 1150 g/mol. The van der Waals surface area contributed by atoms with E-state index >= 15 is 0 Å². The number of aliphatic imine (C=N–C) groups is 1. The summed E-state index contributed by atoms with van der Waals surface area (Å²) in [5.41, 5.74) is 7.47. The Morgan fingerprint density at radius 3 is 2.04 bits per heavy atom. The number of benzene rings is 3. The molecule has 0 saturated heterocycles. The number of aromatic amines is 1. The Morgan fingerprint density at radius 1 is 0.795 bits per heavy atom. The van der Waals surface area contributed by atoms with Gasteiger partial charge in [0.1, 0.15) is 23.3 Å². The third-order valence-electron chi connectivity index (χ3n) is 11.8. The standard InChI is InChI=1S/C51H64F3N9O18S2/c1-31-25-37(78-20-4-7-42(64)56-14-5-18-75-21-23-77-24-22-76-19-6-15-57-46(66)39(55)27-34-8-11-36(12-9-34)81-83(72,73)74)26-32(2)45(31)82(70,71)63-41(48(68)79-80-49(69)51(52,53)54)30-60-47(67)43-33(3)44(65)38-13-10-35(28-40(38)62-43)29-61-50-58-16-17-59-50/h8-13,16-17,25-26,28,33,39,41,63H,4-7,14-15,18-24,27,29-30,55H2,1-3H3,(H,56,64)(H,57,66)(H,60,67)(H2,58,59,61)(H,72,73,74). The topological polar surface area (TPSA) is 383 Å². The third-order valence-corrected chi connectivity index (χ3v) is 14.0. The van der Waals surface area contributed by atoms with E-state index in [9.17, 15) is 58.8 Å². The van der Waals surface area contributed by atoms with Crippen molar-refractivity contribution in [2.24, 2.45) is 16.6 Å². The molecule has 4 aromatic rings. The number of carbonyl (C=O) groups excluding carboxylic acids is 6. The predicted molar refractivity (Wildman–Crippen MR) is 287 cm³/mol. The molecule has 0 radical (unpaired) electrons. The Hall–Kier alpha value is -7.59. The van der Waals surface area contributed by atoms with E-state index in [1.165, 1.54) is 69.4 Å². The summed E-state index contributed by atoms with van der Waals surface area (Å²) in [6.07, 6.45) is -0.819. The zero-order chi connectivity index (χ0) is 60.7. The van der Waals surface area contributed by atoms with Crippen LogP contribution in [0.15, 0.2) is 76.9 Å². The molecule has 1 aliphatic rings. The molecule has 0 spiro atoms. The summed E-state index contributed by atoms with van der Waals surface area (Å²) in [6.45, 7) is 6.19. The SMILES string of the molecule is Cc1cc(OCCCC(=O)NCCCOCCOCCOCCCNC(=O)C(N)Cc2ccc(OS(=O)(=O)O)cc2)cc(C)c1S(=O)(=O)NC(CNC(=O)C1=Nc2cc(CNc3ncc[nH]3)ccc2C(=O)C1C)C(=O)OOC(=O)C(F)(F)F. The lowest BCUT2D eigenvalue weighted by Crippen LogP contribution is -2.51. The Morgan fingerprint density at radius 2 is 1.42 bits per heavy atom. The van der Waals surface area contributed by atoms with Gasteiger partial charge in [0.2, 0.25) is 21.8 Å². The number of anilines is 1. The van der Waals surface area contributed by atoms with Crippen molar-refractivity contribution >= 4 is 73.2 Å². The number of ether oxygens (including phenoxy) is 4. The van der Waals surface area contributed by atoms with Crippen molar-refractivity contribution in [2.75, 3.05) is 71.2 Å². The fraction of sp³-hybridized carbons (Fsp3) is 0.451. The first kappa shape index (κ1) is 66.2. The van der Waals surface area contributed by atoms with Gasteiger partial charge in [-0.2, -0.15) is 26.3 Å². The van der Waals surface area contributed by atoms with Gasteiger partial charge in [-0.25, -0.2) is 37.8 Å². The Balaban J connectivity index is 0.972. The van der Waals surface area contributed by atoms with Crippen LogP contribution in [-0.4, -0.2) is 157 Å². The van der Waals surface area contributed by atoms with Gasteiger partial charge >= 0.3 is 28.5 Å². The first-order valence-electron chi connectivity index (χ1n) is 25.6. The molecule has 3 atom stereocenters. The average molecular weight is 1210 g/mol. The van der Waals surface area contributed by atoms with Gasteiger partial charge in [0.15, 0.2) is 11.7 Å². The number of ketones is 1. The fourth-order valence-electron chi connectivity index (χ4n) is 7.80. The highest BCUT2D eigenvalue weighted by atomic mass is 32.3. The molecule has 3 unspecified atom stereocenters. The summed E-state index contributed by atoms with van der Waals surface area (Å²) in [7, 11) is -9.44. The van der Waals surface area contributed by atoms with Crippen molar-refractivity contribution in [1.29, 1.82) is 0 Å². The van der Waals surface area contributed by atoms with Crippen molar-refractivity contribution < 1.29 is 96.2 Å². The van der Waals surface area contributed by atoms with Gasteiger partial charge in [0.25, 0.3) is 5.91 Å². The lowest BCUT2D eigenvalue weighted by Gasteiger charge is -2.22. The number of nitrogens with two attached hydrogens (primary N) is 1. The Kier molecular flexibility index (Phi) is 25.3. The predicted octanol–water partition coefficient (Wildman–Crippen LogP) is 2.54. The van der Waals surface area contributed by atoms with Crippen LogP contribution in [0.25, 0.3) is 0 Å². The zero-order valence-corrected chi connectivity index (χ0v) is 46.8. The highest BCUT2D eigenvalue weighted by molar-refractivity contribution is 7.89. The van der Waals surface area contributed by atoms with Crippen LogP contribution in [0.1, 0.15) is 65.2 Å².